The minimum atomic E-state index is -0.483. The molecule has 0 aliphatic carbocycles. The third-order valence-electron chi connectivity index (χ3n) is 4.85. The summed E-state index contributed by atoms with van der Waals surface area (Å²) in [5.41, 5.74) is 8.14. The largest absolute Gasteiger partial charge is 0.497 e. The summed E-state index contributed by atoms with van der Waals surface area (Å²) in [6.07, 6.45) is 0.667. The number of methoxy groups -OCH3 is 2. The van der Waals surface area contributed by atoms with Gasteiger partial charge in [-0.05, 0) is 29.7 Å². The van der Waals surface area contributed by atoms with E-state index >= 15 is 0 Å². The Bertz CT molecular complexity index is 795. The monoisotopic (exact) mass is 383 g/mol. The van der Waals surface area contributed by atoms with Gasteiger partial charge in [-0.2, -0.15) is 0 Å². The van der Waals surface area contributed by atoms with Crippen LogP contribution in [0.5, 0.6) is 5.75 Å². The molecule has 1 saturated heterocycles. The van der Waals surface area contributed by atoms with Crippen molar-refractivity contribution in [3.63, 3.8) is 0 Å². The van der Waals surface area contributed by atoms with Crippen molar-refractivity contribution >= 4 is 11.9 Å². The van der Waals surface area contributed by atoms with Crippen molar-refractivity contribution in [2.45, 2.75) is 31.0 Å². The lowest BCUT2D eigenvalue weighted by Gasteiger charge is -2.20. The van der Waals surface area contributed by atoms with Gasteiger partial charge in [0.15, 0.2) is 0 Å². The van der Waals surface area contributed by atoms with Gasteiger partial charge in [-0.25, -0.2) is 10.9 Å². The van der Waals surface area contributed by atoms with Crippen molar-refractivity contribution in [1.29, 1.82) is 0 Å². The number of benzene rings is 2. The van der Waals surface area contributed by atoms with Crippen LogP contribution < -0.4 is 20.9 Å². The molecule has 148 valence electrons. The summed E-state index contributed by atoms with van der Waals surface area (Å²) < 4.78 is 9.96. The molecule has 1 aliphatic heterocycles. The molecule has 0 spiro atoms. The molecule has 7 nitrogen and oxygen atoms in total. The SMILES string of the molecule is COC(=O)CC(NC(=O)C1CC(c2ccccc2)NN1)c1ccc(OC)cc1. The van der Waals surface area contributed by atoms with E-state index in [0.29, 0.717) is 12.2 Å². The van der Waals surface area contributed by atoms with Gasteiger partial charge in [0.1, 0.15) is 11.8 Å². The first kappa shape index (κ1) is 19.9. The molecule has 3 unspecified atom stereocenters. The quantitative estimate of drug-likeness (QED) is 0.634. The predicted octanol–water partition coefficient (Wildman–Crippen LogP) is 2.02. The average molecular weight is 383 g/mol. The van der Waals surface area contributed by atoms with Crippen LogP contribution in [0.4, 0.5) is 0 Å². The van der Waals surface area contributed by atoms with Gasteiger partial charge in [-0.1, -0.05) is 42.5 Å². The van der Waals surface area contributed by atoms with Gasteiger partial charge in [0.25, 0.3) is 0 Å². The number of hydrogen-bond acceptors (Lipinski definition) is 6. The molecule has 7 heteroatoms. The molecule has 0 saturated carbocycles. The van der Waals surface area contributed by atoms with Crippen LogP contribution in [-0.4, -0.2) is 32.1 Å². The smallest absolute Gasteiger partial charge is 0.307 e. The van der Waals surface area contributed by atoms with Gasteiger partial charge < -0.3 is 14.8 Å². The number of nitrogens with one attached hydrogen (secondary N) is 3. The summed E-state index contributed by atoms with van der Waals surface area (Å²) in [5.74, 6) is 0.149. The molecule has 1 amide bonds. The van der Waals surface area contributed by atoms with Crippen molar-refractivity contribution in [3.8, 4) is 5.75 Å². The lowest BCUT2D eigenvalue weighted by molar-refractivity contribution is -0.141. The molecule has 0 bridgehead atoms. The molecule has 1 heterocycles. The Balaban J connectivity index is 1.67. The summed E-state index contributed by atoms with van der Waals surface area (Å²) in [4.78, 5) is 24.6. The zero-order chi connectivity index (χ0) is 19.9. The van der Waals surface area contributed by atoms with Crippen LogP contribution in [0.2, 0.25) is 0 Å². The van der Waals surface area contributed by atoms with E-state index in [0.717, 1.165) is 11.1 Å². The molecule has 0 radical (unpaired) electrons. The van der Waals surface area contributed by atoms with Crippen molar-refractivity contribution in [1.82, 2.24) is 16.2 Å². The number of carbonyl (C=O) groups is 2. The molecular formula is C21H25N3O4. The maximum Gasteiger partial charge on any atom is 0.307 e. The highest BCUT2D eigenvalue weighted by Crippen LogP contribution is 2.24. The molecule has 3 rings (SSSR count). The Kier molecular flexibility index (Phi) is 6.62. The zero-order valence-electron chi connectivity index (χ0n) is 16.0. The third kappa shape index (κ3) is 4.88. The predicted molar refractivity (Wildman–Crippen MR) is 104 cm³/mol. The van der Waals surface area contributed by atoms with E-state index in [1.807, 2.05) is 42.5 Å². The Morgan fingerprint density at radius 3 is 2.43 bits per heavy atom. The van der Waals surface area contributed by atoms with Gasteiger partial charge >= 0.3 is 5.97 Å². The Hall–Kier alpha value is -2.90. The van der Waals surface area contributed by atoms with E-state index in [2.05, 4.69) is 16.2 Å². The fraction of sp³-hybridized carbons (Fsp3) is 0.333. The van der Waals surface area contributed by atoms with Crippen LogP contribution in [0.1, 0.15) is 36.1 Å². The van der Waals surface area contributed by atoms with Crippen molar-refractivity contribution in [2.24, 2.45) is 0 Å². The number of ether oxygens (including phenoxy) is 2. The highest BCUT2D eigenvalue weighted by molar-refractivity contribution is 5.83. The molecule has 0 aromatic heterocycles. The maximum absolute atomic E-state index is 12.8. The van der Waals surface area contributed by atoms with Crippen LogP contribution >= 0.6 is 0 Å². The van der Waals surface area contributed by atoms with Crippen LogP contribution in [-0.2, 0) is 14.3 Å². The van der Waals surface area contributed by atoms with E-state index in [1.165, 1.54) is 7.11 Å². The van der Waals surface area contributed by atoms with Crippen molar-refractivity contribution in [2.75, 3.05) is 14.2 Å². The Labute approximate surface area is 164 Å². The number of esters is 1. The maximum atomic E-state index is 12.8. The lowest BCUT2D eigenvalue weighted by atomic mass is 10.00. The summed E-state index contributed by atoms with van der Waals surface area (Å²) in [7, 11) is 2.92. The highest BCUT2D eigenvalue weighted by atomic mass is 16.5. The molecule has 3 N–H and O–H groups in total. The van der Waals surface area contributed by atoms with Gasteiger partial charge in [0.05, 0.1) is 26.7 Å². The number of amides is 1. The zero-order valence-corrected chi connectivity index (χ0v) is 16.0. The van der Waals surface area contributed by atoms with Crippen LogP contribution in [0.3, 0.4) is 0 Å². The minimum Gasteiger partial charge on any atom is -0.497 e. The molecule has 3 atom stereocenters. The fourth-order valence-electron chi connectivity index (χ4n) is 3.24. The lowest BCUT2D eigenvalue weighted by Crippen LogP contribution is -2.44. The molecule has 2 aromatic carbocycles. The second-order valence-electron chi connectivity index (χ2n) is 6.65. The average Bonchev–Trinajstić information content (AvgIpc) is 3.24. The standard InChI is InChI=1S/C21H25N3O4/c1-27-16-10-8-15(9-11-16)17(13-20(25)28-2)22-21(26)19-12-18(23-24-19)14-6-4-3-5-7-14/h3-11,17-19,23-24H,12-13H2,1-2H3,(H,22,26). The summed E-state index contributed by atoms with van der Waals surface area (Å²) in [5, 5.41) is 2.97. The first-order valence-corrected chi connectivity index (χ1v) is 9.18. The van der Waals surface area contributed by atoms with Gasteiger partial charge in [0, 0.05) is 6.04 Å². The number of hydrazine groups is 1. The van der Waals surface area contributed by atoms with Gasteiger partial charge in [0.2, 0.25) is 5.91 Å². The minimum absolute atomic E-state index is 0.0524. The highest BCUT2D eigenvalue weighted by Gasteiger charge is 2.31. The van der Waals surface area contributed by atoms with Crippen LogP contribution in [0, 0.1) is 0 Å². The number of carbonyl (C=O) groups excluding carboxylic acids is 2. The van der Waals surface area contributed by atoms with E-state index in [-0.39, 0.29) is 24.3 Å². The fourth-order valence-corrected chi connectivity index (χ4v) is 3.24. The van der Waals surface area contributed by atoms with Crippen molar-refractivity contribution in [3.05, 3.63) is 65.7 Å². The van der Waals surface area contributed by atoms with Gasteiger partial charge in [-0.3, -0.25) is 9.59 Å². The molecule has 2 aromatic rings. The third-order valence-corrected chi connectivity index (χ3v) is 4.85. The summed E-state index contributed by atoms with van der Waals surface area (Å²) >= 11 is 0. The van der Waals surface area contributed by atoms with E-state index in [4.69, 9.17) is 9.47 Å². The Morgan fingerprint density at radius 2 is 1.79 bits per heavy atom. The second kappa shape index (κ2) is 9.34. The first-order chi connectivity index (χ1) is 13.6. The topological polar surface area (TPSA) is 88.7 Å². The summed E-state index contributed by atoms with van der Waals surface area (Å²) in [6, 6.07) is 16.4. The normalized spacial score (nSPS) is 19.6. The molecular weight excluding hydrogens is 358 g/mol. The van der Waals surface area contributed by atoms with Crippen LogP contribution in [0.25, 0.3) is 0 Å². The first-order valence-electron chi connectivity index (χ1n) is 9.18. The van der Waals surface area contributed by atoms with E-state index in [1.54, 1.807) is 19.2 Å². The summed E-state index contributed by atoms with van der Waals surface area (Å²) in [6.45, 7) is 0. The number of rotatable bonds is 7. The van der Waals surface area contributed by atoms with Gasteiger partial charge in [-0.15, -0.1) is 0 Å². The second-order valence-corrected chi connectivity index (χ2v) is 6.65. The van der Waals surface area contributed by atoms with E-state index in [9.17, 15) is 9.59 Å². The molecule has 1 fully saturated rings. The number of hydrogen-bond donors (Lipinski definition) is 3. The van der Waals surface area contributed by atoms with Crippen molar-refractivity contribution < 1.29 is 19.1 Å². The van der Waals surface area contributed by atoms with Crippen LogP contribution in [0.15, 0.2) is 54.6 Å². The van der Waals surface area contributed by atoms with E-state index < -0.39 is 12.1 Å². The molecule has 28 heavy (non-hydrogen) atoms. The molecule has 1 aliphatic rings. The Morgan fingerprint density at radius 1 is 1.07 bits per heavy atom.